The zero-order valence-electron chi connectivity index (χ0n) is 12.6. The van der Waals surface area contributed by atoms with Crippen molar-refractivity contribution in [1.82, 2.24) is 10.2 Å². The molecule has 1 aromatic carbocycles. The van der Waals surface area contributed by atoms with E-state index in [0.29, 0.717) is 18.0 Å². The molecule has 2 rings (SSSR count). The van der Waals surface area contributed by atoms with Gasteiger partial charge in [0.2, 0.25) is 11.8 Å². The van der Waals surface area contributed by atoms with Crippen LogP contribution in [0, 0.1) is 0 Å². The molecule has 5 heteroatoms. The third-order valence-electron chi connectivity index (χ3n) is 3.74. The largest absolute Gasteiger partial charge is 0.340 e. The standard InChI is InChI=1S/C16H21ClN2O2/c1-4-5-13-14(20)18-16(2,3)15(21)19(13)10-11-6-8-12(17)9-7-11/h6-9,13H,4-5,10H2,1-3H3,(H,18,20). The van der Waals surface area contributed by atoms with Crippen LogP contribution in [-0.2, 0) is 16.1 Å². The van der Waals surface area contributed by atoms with Gasteiger partial charge in [-0.05, 0) is 38.0 Å². The number of amides is 2. The summed E-state index contributed by atoms with van der Waals surface area (Å²) in [6.45, 7) is 5.92. The third-order valence-corrected chi connectivity index (χ3v) is 3.99. The van der Waals surface area contributed by atoms with Crippen molar-refractivity contribution in [3.8, 4) is 0 Å². The van der Waals surface area contributed by atoms with Crippen LogP contribution in [0.2, 0.25) is 5.02 Å². The lowest BCUT2D eigenvalue weighted by Crippen LogP contribution is -2.67. The summed E-state index contributed by atoms with van der Waals surface area (Å²) in [5.74, 6) is -0.120. The van der Waals surface area contributed by atoms with Gasteiger partial charge < -0.3 is 10.2 Å². The highest BCUT2D eigenvalue weighted by atomic mass is 35.5. The first-order valence-electron chi connectivity index (χ1n) is 7.22. The van der Waals surface area contributed by atoms with Crippen LogP contribution in [0.4, 0.5) is 0 Å². The monoisotopic (exact) mass is 308 g/mol. The number of nitrogens with one attached hydrogen (secondary N) is 1. The minimum Gasteiger partial charge on any atom is -0.340 e. The number of piperazine rings is 1. The Kier molecular flexibility index (Phi) is 4.57. The molecular formula is C16H21ClN2O2. The number of carbonyl (C=O) groups is 2. The minimum atomic E-state index is -0.853. The van der Waals surface area contributed by atoms with Gasteiger partial charge in [0.05, 0.1) is 0 Å². The van der Waals surface area contributed by atoms with Crippen LogP contribution in [0.25, 0.3) is 0 Å². The summed E-state index contributed by atoms with van der Waals surface area (Å²) >= 11 is 5.89. The van der Waals surface area contributed by atoms with Crippen LogP contribution < -0.4 is 5.32 Å². The number of halogens is 1. The number of carbonyl (C=O) groups excluding carboxylic acids is 2. The molecule has 0 radical (unpaired) electrons. The van der Waals surface area contributed by atoms with Crippen molar-refractivity contribution in [2.45, 2.75) is 51.7 Å². The van der Waals surface area contributed by atoms with E-state index in [1.807, 2.05) is 19.1 Å². The Morgan fingerprint density at radius 1 is 1.24 bits per heavy atom. The molecule has 21 heavy (non-hydrogen) atoms. The first-order chi connectivity index (χ1) is 9.85. The topological polar surface area (TPSA) is 49.4 Å². The molecule has 1 N–H and O–H groups in total. The van der Waals surface area contributed by atoms with Gasteiger partial charge in [-0.1, -0.05) is 37.1 Å². The Labute approximate surface area is 130 Å². The number of benzene rings is 1. The molecule has 0 aliphatic carbocycles. The van der Waals surface area contributed by atoms with E-state index in [9.17, 15) is 9.59 Å². The van der Waals surface area contributed by atoms with Crippen molar-refractivity contribution in [1.29, 1.82) is 0 Å². The second-order valence-corrected chi connectivity index (χ2v) is 6.41. The molecule has 2 amide bonds. The van der Waals surface area contributed by atoms with Crippen LogP contribution in [0.1, 0.15) is 39.2 Å². The van der Waals surface area contributed by atoms with E-state index in [2.05, 4.69) is 5.32 Å². The summed E-state index contributed by atoms with van der Waals surface area (Å²) in [7, 11) is 0. The van der Waals surface area contributed by atoms with Gasteiger partial charge in [-0.25, -0.2) is 0 Å². The predicted octanol–water partition coefficient (Wildman–Crippen LogP) is 2.75. The van der Waals surface area contributed by atoms with Crippen molar-refractivity contribution in [3.05, 3.63) is 34.9 Å². The maximum Gasteiger partial charge on any atom is 0.248 e. The Balaban J connectivity index is 2.27. The molecule has 1 saturated heterocycles. The second kappa shape index (κ2) is 6.06. The minimum absolute atomic E-state index is 0.0458. The Bertz CT molecular complexity index is 540. The van der Waals surface area contributed by atoms with Gasteiger partial charge in [0, 0.05) is 11.6 Å². The van der Waals surface area contributed by atoms with Gasteiger partial charge in [-0.2, -0.15) is 0 Å². The summed E-state index contributed by atoms with van der Waals surface area (Å²) in [5, 5.41) is 3.47. The molecule has 1 unspecified atom stereocenters. The van der Waals surface area contributed by atoms with Gasteiger partial charge in [-0.15, -0.1) is 0 Å². The molecule has 1 heterocycles. The number of nitrogens with zero attached hydrogens (tertiary/aromatic N) is 1. The SMILES string of the molecule is CCCC1C(=O)NC(C)(C)C(=O)N1Cc1ccc(Cl)cc1. The van der Waals surface area contributed by atoms with Gasteiger partial charge in [0.15, 0.2) is 0 Å². The van der Waals surface area contributed by atoms with Crippen LogP contribution in [0.15, 0.2) is 24.3 Å². The number of hydrogen-bond acceptors (Lipinski definition) is 2. The molecule has 114 valence electrons. The normalized spacial score (nSPS) is 21.3. The zero-order valence-corrected chi connectivity index (χ0v) is 13.4. The molecule has 0 saturated carbocycles. The summed E-state index contributed by atoms with van der Waals surface area (Å²) in [6, 6.07) is 6.97. The smallest absolute Gasteiger partial charge is 0.248 e. The highest BCUT2D eigenvalue weighted by molar-refractivity contribution is 6.30. The van der Waals surface area contributed by atoms with E-state index >= 15 is 0 Å². The van der Waals surface area contributed by atoms with Gasteiger partial charge in [0.25, 0.3) is 0 Å². The van der Waals surface area contributed by atoms with Gasteiger partial charge >= 0.3 is 0 Å². The first kappa shape index (κ1) is 15.8. The summed E-state index contributed by atoms with van der Waals surface area (Å²) < 4.78 is 0. The quantitative estimate of drug-likeness (QED) is 0.930. The number of rotatable bonds is 4. The van der Waals surface area contributed by atoms with E-state index in [4.69, 9.17) is 11.6 Å². The fourth-order valence-corrected chi connectivity index (χ4v) is 2.74. The predicted molar refractivity (Wildman–Crippen MR) is 82.9 cm³/mol. The maximum absolute atomic E-state index is 12.6. The lowest BCUT2D eigenvalue weighted by Gasteiger charge is -2.43. The van der Waals surface area contributed by atoms with Gasteiger partial charge in [-0.3, -0.25) is 9.59 Å². The van der Waals surface area contributed by atoms with Crippen molar-refractivity contribution in [3.63, 3.8) is 0 Å². The lowest BCUT2D eigenvalue weighted by atomic mass is 9.94. The van der Waals surface area contributed by atoms with Crippen molar-refractivity contribution in [2.75, 3.05) is 0 Å². The average molecular weight is 309 g/mol. The maximum atomic E-state index is 12.6. The van der Waals surface area contributed by atoms with Gasteiger partial charge in [0.1, 0.15) is 11.6 Å². The lowest BCUT2D eigenvalue weighted by molar-refractivity contribution is -0.154. The molecule has 0 spiro atoms. The van der Waals surface area contributed by atoms with E-state index in [1.165, 1.54) is 0 Å². The molecule has 1 atom stereocenters. The van der Waals surface area contributed by atoms with Crippen LogP contribution >= 0.6 is 11.6 Å². The van der Waals surface area contributed by atoms with Crippen molar-refractivity contribution >= 4 is 23.4 Å². The molecule has 0 bridgehead atoms. The van der Waals surface area contributed by atoms with E-state index in [1.54, 1.807) is 30.9 Å². The van der Waals surface area contributed by atoms with Crippen LogP contribution in [-0.4, -0.2) is 28.3 Å². The molecule has 1 aliphatic rings. The summed E-state index contributed by atoms with van der Waals surface area (Å²) in [4.78, 5) is 26.6. The molecule has 4 nitrogen and oxygen atoms in total. The fourth-order valence-electron chi connectivity index (χ4n) is 2.62. The first-order valence-corrected chi connectivity index (χ1v) is 7.60. The van der Waals surface area contributed by atoms with E-state index in [-0.39, 0.29) is 11.8 Å². The molecule has 1 aliphatic heterocycles. The van der Waals surface area contributed by atoms with Crippen molar-refractivity contribution < 1.29 is 9.59 Å². The van der Waals surface area contributed by atoms with Crippen LogP contribution in [0.3, 0.4) is 0 Å². The van der Waals surface area contributed by atoms with E-state index in [0.717, 1.165) is 12.0 Å². The summed E-state index contributed by atoms with van der Waals surface area (Å²) in [5.41, 5.74) is 0.118. The average Bonchev–Trinajstić information content (AvgIpc) is 2.42. The second-order valence-electron chi connectivity index (χ2n) is 5.98. The molecule has 1 aromatic rings. The zero-order chi connectivity index (χ0) is 15.6. The molecular weight excluding hydrogens is 288 g/mol. The summed E-state index contributed by atoms with van der Waals surface area (Å²) in [6.07, 6.45) is 1.52. The Hall–Kier alpha value is -1.55. The van der Waals surface area contributed by atoms with E-state index < -0.39 is 11.6 Å². The third kappa shape index (κ3) is 3.38. The van der Waals surface area contributed by atoms with Crippen molar-refractivity contribution in [2.24, 2.45) is 0 Å². The highest BCUT2D eigenvalue weighted by Crippen LogP contribution is 2.23. The van der Waals surface area contributed by atoms with Crippen LogP contribution in [0.5, 0.6) is 0 Å². The highest BCUT2D eigenvalue weighted by Gasteiger charge is 2.44. The number of hydrogen-bond donors (Lipinski definition) is 1. The molecule has 0 aromatic heterocycles. The molecule has 1 fully saturated rings. The fraction of sp³-hybridized carbons (Fsp3) is 0.500. The Morgan fingerprint density at radius 3 is 2.43 bits per heavy atom. The Morgan fingerprint density at radius 2 is 1.86 bits per heavy atom.